The van der Waals surface area contributed by atoms with Crippen molar-refractivity contribution in [3.63, 3.8) is 0 Å². The third-order valence-electron chi connectivity index (χ3n) is 4.50. The van der Waals surface area contributed by atoms with Crippen LogP contribution in [-0.2, 0) is 10.0 Å². The lowest BCUT2D eigenvalue weighted by Gasteiger charge is -2.15. The number of aromatic nitrogens is 1. The minimum Gasteiger partial charge on any atom is -0.266 e. The summed E-state index contributed by atoms with van der Waals surface area (Å²) in [4.78, 5) is 25.3. The predicted molar refractivity (Wildman–Crippen MR) is 92.0 cm³/mol. The van der Waals surface area contributed by atoms with Crippen LogP contribution in [0.4, 0.5) is 4.79 Å². The van der Waals surface area contributed by atoms with Gasteiger partial charge in [-0.1, -0.05) is 24.3 Å². The zero-order valence-corrected chi connectivity index (χ0v) is 14.4. The van der Waals surface area contributed by atoms with Crippen molar-refractivity contribution in [1.82, 2.24) is 8.87 Å². The van der Waals surface area contributed by atoms with Crippen molar-refractivity contribution in [3.05, 3.63) is 65.4 Å². The van der Waals surface area contributed by atoms with Crippen LogP contribution in [0.15, 0.2) is 53.4 Å². The highest BCUT2D eigenvalue weighted by atomic mass is 32.2. The molecule has 0 atom stereocenters. The quantitative estimate of drug-likeness (QED) is 0.709. The summed E-state index contributed by atoms with van der Waals surface area (Å²) in [6.07, 6.45) is 0. The molecule has 0 unspecified atom stereocenters. The lowest BCUT2D eigenvalue weighted by Crippen LogP contribution is -2.37. The topological polar surface area (TPSA) is 76.5 Å². The summed E-state index contributed by atoms with van der Waals surface area (Å²) < 4.78 is 27.3. The molecular weight excluding hydrogens is 340 g/mol. The van der Waals surface area contributed by atoms with E-state index < -0.39 is 22.0 Å². The summed E-state index contributed by atoms with van der Waals surface area (Å²) in [6.45, 7) is 3.63. The number of carbonyl (C=O) groups is 2. The number of rotatable bonds is 2. The average Bonchev–Trinajstić information content (AvgIpc) is 3.06. The summed E-state index contributed by atoms with van der Waals surface area (Å²) in [5, 5.41) is 0.711. The molecule has 1 aliphatic rings. The van der Waals surface area contributed by atoms with E-state index >= 15 is 0 Å². The lowest BCUT2D eigenvalue weighted by atomic mass is 10.1. The van der Waals surface area contributed by atoms with E-state index in [1.54, 1.807) is 37.3 Å². The Kier molecular flexibility index (Phi) is 3.14. The Morgan fingerprint density at radius 1 is 0.880 bits per heavy atom. The molecular formula is C18H14N2O4S. The van der Waals surface area contributed by atoms with Gasteiger partial charge >= 0.3 is 6.03 Å². The minimum absolute atomic E-state index is 0.0543. The third kappa shape index (κ3) is 2.05. The smallest absolute Gasteiger partial charge is 0.266 e. The fourth-order valence-corrected chi connectivity index (χ4v) is 4.37. The highest BCUT2D eigenvalue weighted by Gasteiger charge is 2.45. The number of hydrogen-bond acceptors (Lipinski definition) is 4. The molecule has 7 heteroatoms. The molecule has 2 amide bonds. The van der Waals surface area contributed by atoms with Crippen molar-refractivity contribution in [2.75, 3.05) is 0 Å². The molecule has 1 aromatic heterocycles. The Balaban J connectivity index is 1.87. The fraction of sp³-hybridized carbons (Fsp3) is 0.111. The van der Waals surface area contributed by atoms with E-state index in [0.717, 1.165) is 15.7 Å². The second-order valence-corrected chi connectivity index (χ2v) is 7.81. The van der Waals surface area contributed by atoms with Crippen LogP contribution in [0.2, 0.25) is 0 Å². The Hall–Kier alpha value is -2.93. The maximum Gasteiger partial charge on any atom is 0.350 e. The van der Waals surface area contributed by atoms with Crippen molar-refractivity contribution in [2.24, 2.45) is 0 Å². The third-order valence-corrected chi connectivity index (χ3v) is 6.15. The highest BCUT2D eigenvalue weighted by Crippen LogP contribution is 2.31. The van der Waals surface area contributed by atoms with E-state index in [4.69, 9.17) is 0 Å². The Labute approximate surface area is 144 Å². The SMILES string of the molecule is Cc1ccc(S(=O)(=O)N2C(=O)c3cc4ccccc4n3C2=O)cc1C. The molecule has 6 nitrogen and oxygen atoms in total. The molecule has 0 N–H and O–H groups in total. The molecule has 3 aromatic rings. The number of hydrogen-bond donors (Lipinski definition) is 0. The molecule has 0 spiro atoms. The van der Waals surface area contributed by atoms with Gasteiger partial charge in [0.25, 0.3) is 15.9 Å². The van der Waals surface area contributed by atoms with Crippen molar-refractivity contribution in [1.29, 1.82) is 0 Å². The molecule has 1 aliphatic heterocycles. The molecule has 2 heterocycles. The van der Waals surface area contributed by atoms with Gasteiger partial charge < -0.3 is 0 Å². The number of sulfonamides is 1. The van der Waals surface area contributed by atoms with E-state index in [2.05, 4.69) is 0 Å². The second kappa shape index (κ2) is 5.03. The van der Waals surface area contributed by atoms with Crippen LogP contribution in [0.3, 0.4) is 0 Å². The first-order valence-electron chi connectivity index (χ1n) is 7.64. The van der Waals surface area contributed by atoms with Gasteiger partial charge in [0.2, 0.25) is 0 Å². The summed E-state index contributed by atoms with van der Waals surface area (Å²) in [5.74, 6) is -0.834. The van der Waals surface area contributed by atoms with Gasteiger partial charge in [-0.3, -0.25) is 9.36 Å². The van der Waals surface area contributed by atoms with Crippen LogP contribution >= 0.6 is 0 Å². The van der Waals surface area contributed by atoms with Crippen LogP contribution in [0.1, 0.15) is 21.6 Å². The number of para-hydroxylation sites is 1. The summed E-state index contributed by atoms with van der Waals surface area (Å²) >= 11 is 0. The van der Waals surface area contributed by atoms with Crippen molar-refractivity contribution in [2.45, 2.75) is 18.7 Å². The number of carbonyl (C=O) groups excluding carboxylic acids is 2. The summed E-state index contributed by atoms with van der Waals surface area (Å²) in [6, 6.07) is 12.2. The summed E-state index contributed by atoms with van der Waals surface area (Å²) in [7, 11) is -4.27. The van der Waals surface area contributed by atoms with Crippen LogP contribution in [0.25, 0.3) is 10.9 Å². The first-order valence-corrected chi connectivity index (χ1v) is 9.08. The minimum atomic E-state index is -4.27. The summed E-state index contributed by atoms with van der Waals surface area (Å²) in [5.41, 5.74) is 2.26. The van der Waals surface area contributed by atoms with Crippen LogP contribution in [0.5, 0.6) is 0 Å². The Morgan fingerprint density at radius 3 is 2.32 bits per heavy atom. The Morgan fingerprint density at radius 2 is 1.60 bits per heavy atom. The number of aryl methyl sites for hydroxylation is 2. The monoisotopic (exact) mass is 354 g/mol. The largest absolute Gasteiger partial charge is 0.350 e. The number of amides is 2. The molecule has 0 radical (unpaired) electrons. The molecule has 0 bridgehead atoms. The average molecular weight is 354 g/mol. The molecule has 0 fully saturated rings. The Bertz CT molecular complexity index is 1180. The molecule has 0 saturated carbocycles. The molecule has 0 aliphatic carbocycles. The van der Waals surface area contributed by atoms with Gasteiger partial charge in [0, 0.05) is 5.39 Å². The number of nitrogens with zero attached hydrogens (tertiary/aromatic N) is 2. The standard InChI is InChI=1S/C18H14N2O4S/c1-11-7-8-14(9-12(11)2)25(23,24)20-17(21)16-10-13-5-3-4-6-15(13)19(16)18(20)22/h3-10H,1-2H3. The van der Waals surface area contributed by atoms with Crippen molar-refractivity contribution < 1.29 is 18.0 Å². The van der Waals surface area contributed by atoms with Gasteiger partial charge in [0.1, 0.15) is 5.69 Å². The van der Waals surface area contributed by atoms with Crippen molar-refractivity contribution in [3.8, 4) is 0 Å². The van der Waals surface area contributed by atoms with Gasteiger partial charge in [-0.2, -0.15) is 0 Å². The van der Waals surface area contributed by atoms with Crippen LogP contribution in [0, 0.1) is 13.8 Å². The van der Waals surface area contributed by atoms with E-state index in [1.807, 2.05) is 6.92 Å². The van der Waals surface area contributed by atoms with Gasteiger partial charge in [0.05, 0.1) is 10.4 Å². The number of benzene rings is 2. The van der Waals surface area contributed by atoms with E-state index in [1.165, 1.54) is 18.2 Å². The van der Waals surface area contributed by atoms with Gasteiger partial charge in [0.15, 0.2) is 0 Å². The van der Waals surface area contributed by atoms with Gasteiger partial charge in [-0.25, -0.2) is 13.2 Å². The fourth-order valence-electron chi connectivity index (χ4n) is 2.99. The molecule has 4 rings (SSSR count). The van der Waals surface area contributed by atoms with E-state index in [9.17, 15) is 18.0 Å². The maximum atomic E-state index is 12.9. The molecule has 0 saturated heterocycles. The first kappa shape index (κ1) is 15.6. The maximum absolute atomic E-state index is 12.9. The van der Waals surface area contributed by atoms with Gasteiger partial charge in [-0.05, 0) is 49.2 Å². The molecule has 126 valence electrons. The van der Waals surface area contributed by atoms with Crippen molar-refractivity contribution >= 4 is 32.9 Å². The van der Waals surface area contributed by atoms with E-state index in [-0.39, 0.29) is 10.6 Å². The zero-order valence-electron chi connectivity index (χ0n) is 13.6. The molecule has 2 aromatic carbocycles. The van der Waals surface area contributed by atoms with Crippen LogP contribution in [-0.4, -0.2) is 29.2 Å². The van der Waals surface area contributed by atoms with E-state index in [0.29, 0.717) is 15.2 Å². The number of fused-ring (bicyclic) bond motifs is 3. The zero-order chi connectivity index (χ0) is 17.9. The first-order chi connectivity index (χ1) is 11.8. The number of imide groups is 1. The molecule has 25 heavy (non-hydrogen) atoms. The second-order valence-electron chi connectivity index (χ2n) is 6.03. The normalized spacial score (nSPS) is 14.4. The van der Waals surface area contributed by atoms with Gasteiger partial charge in [-0.15, -0.1) is 4.31 Å². The lowest BCUT2D eigenvalue weighted by molar-refractivity contribution is 0.0907. The van der Waals surface area contributed by atoms with Crippen LogP contribution < -0.4 is 0 Å². The highest BCUT2D eigenvalue weighted by molar-refractivity contribution is 7.90. The predicted octanol–water partition coefficient (Wildman–Crippen LogP) is 3.07.